The molecule has 220 valence electrons. The maximum Gasteiger partial charge on any atom is 0.242 e. The van der Waals surface area contributed by atoms with Gasteiger partial charge in [0.15, 0.2) is 11.0 Å². The van der Waals surface area contributed by atoms with Crippen LogP contribution >= 0.6 is 34.5 Å². The van der Waals surface area contributed by atoms with Crippen LogP contribution in [0.3, 0.4) is 0 Å². The number of amides is 3. The molecule has 3 heterocycles. The minimum Gasteiger partial charge on any atom is -0.370 e. The first-order valence-electron chi connectivity index (χ1n) is 13.4. The number of ketones is 1. The number of rotatable bonds is 10. The molecule has 1 unspecified atom stereocenters. The number of Topliss-reactive ketones (excluding diaryl/α,β-unsaturated/α-hetero) is 1. The van der Waals surface area contributed by atoms with Crippen molar-refractivity contribution in [1.29, 1.82) is 5.41 Å². The van der Waals surface area contributed by atoms with Crippen LogP contribution in [0.4, 0.5) is 0 Å². The Balaban J connectivity index is 1.30. The Bertz CT molecular complexity index is 1290. The molecule has 4 rings (SSSR count). The molecule has 0 saturated carbocycles. The third kappa shape index (κ3) is 8.40. The summed E-state index contributed by atoms with van der Waals surface area (Å²) in [6, 6.07) is 4.40. The first-order valence-corrected chi connectivity index (χ1v) is 15.1. The highest BCUT2D eigenvalue weighted by Crippen LogP contribution is 2.24. The Hall–Kier alpha value is -3.22. The lowest BCUT2D eigenvalue weighted by atomic mass is 9.90. The zero-order chi connectivity index (χ0) is 29.5. The SMILES string of the molecule is N=C(N)N1CCC[C@@H](CC(NC(=O)CN2CCN(C(=O)CCc3ccc(Cl)c(Cl)c3)CC2=O)C(=O)c2nccs2)C1. The van der Waals surface area contributed by atoms with Crippen LogP contribution in [0.25, 0.3) is 0 Å². The van der Waals surface area contributed by atoms with E-state index in [9.17, 15) is 19.2 Å². The van der Waals surface area contributed by atoms with Crippen molar-refractivity contribution >= 4 is 64.0 Å². The number of halogens is 2. The van der Waals surface area contributed by atoms with E-state index in [1.54, 1.807) is 28.6 Å². The topological polar surface area (TPSA) is 153 Å². The number of carbonyl (C=O) groups excluding carboxylic acids is 4. The van der Waals surface area contributed by atoms with Gasteiger partial charge in [-0.05, 0) is 49.3 Å². The first kappa shape index (κ1) is 30.7. The highest BCUT2D eigenvalue weighted by atomic mass is 35.5. The molecule has 0 aliphatic carbocycles. The molecule has 14 heteroatoms. The maximum absolute atomic E-state index is 13.2. The minimum atomic E-state index is -0.815. The van der Waals surface area contributed by atoms with Crippen molar-refractivity contribution in [2.24, 2.45) is 11.7 Å². The second kappa shape index (κ2) is 14.1. The van der Waals surface area contributed by atoms with Crippen LogP contribution in [-0.4, -0.2) is 94.5 Å². The van der Waals surface area contributed by atoms with Crippen LogP contribution in [-0.2, 0) is 20.8 Å². The van der Waals surface area contributed by atoms with E-state index in [0.29, 0.717) is 47.5 Å². The summed E-state index contributed by atoms with van der Waals surface area (Å²) in [7, 11) is 0. The molecule has 41 heavy (non-hydrogen) atoms. The summed E-state index contributed by atoms with van der Waals surface area (Å²) in [4.78, 5) is 60.6. The largest absolute Gasteiger partial charge is 0.370 e. The summed E-state index contributed by atoms with van der Waals surface area (Å²) >= 11 is 13.2. The Kier molecular flexibility index (Phi) is 10.6. The third-order valence-electron chi connectivity index (χ3n) is 7.34. The predicted molar refractivity (Wildman–Crippen MR) is 157 cm³/mol. The average Bonchev–Trinajstić information content (AvgIpc) is 3.49. The van der Waals surface area contributed by atoms with Gasteiger partial charge < -0.3 is 25.8 Å². The molecule has 2 fully saturated rings. The zero-order valence-corrected chi connectivity index (χ0v) is 24.8. The van der Waals surface area contributed by atoms with Crippen molar-refractivity contribution in [3.63, 3.8) is 0 Å². The van der Waals surface area contributed by atoms with Crippen molar-refractivity contribution in [2.45, 2.75) is 38.1 Å². The van der Waals surface area contributed by atoms with E-state index >= 15 is 0 Å². The third-order valence-corrected chi connectivity index (χ3v) is 8.87. The molecule has 0 bridgehead atoms. The van der Waals surface area contributed by atoms with Crippen molar-refractivity contribution < 1.29 is 19.2 Å². The van der Waals surface area contributed by atoms with E-state index in [2.05, 4.69) is 10.3 Å². The number of thiazole rings is 1. The van der Waals surface area contributed by atoms with Gasteiger partial charge in [0.05, 0.1) is 29.2 Å². The Labute approximate surface area is 252 Å². The maximum atomic E-state index is 13.2. The number of hydrogen-bond acceptors (Lipinski definition) is 7. The molecule has 1 aromatic carbocycles. The molecule has 2 atom stereocenters. The standard InChI is InChI=1S/C27H33Cl2N7O4S/c28-19-5-3-17(12-20(19)29)4-6-23(38)35-10-9-34(24(39)16-35)15-22(37)33-21(25(40)26-32-7-11-41-26)13-18-2-1-8-36(14-18)27(30)31/h3,5,7,11-12,18,21H,1-2,4,6,8-10,13-16H2,(H3,30,31)(H,33,37)/t18-,21?/m0/s1. The molecule has 2 saturated heterocycles. The van der Waals surface area contributed by atoms with Gasteiger partial charge in [-0.15, -0.1) is 11.3 Å². The van der Waals surface area contributed by atoms with E-state index in [1.165, 1.54) is 21.1 Å². The number of aryl methyl sites for hydroxylation is 1. The van der Waals surface area contributed by atoms with E-state index in [-0.39, 0.29) is 55.5 Å². The highest BCUT2D eigenvalue weighted by molar-refractivity contribution is 7.11. The fourth-order valence-electron chi connectivity index (χ4n) is 5.14. The van der Waals surface area contributed by atoms with Crippen LogP contribution in [0.2, 0.25) is 10.0 Å². The number of guanidine groups is 1. The molecule has 3 amide bonds. The van der Waals surface area contributed by atoms with Crippen molar-refractivity contribution in [2.75, 3.05) is 39.3 Å². The van der Waals surface area contributed by atoms with Crippen LogP contribution < -0.4 is 11.1 Å². The fourth-order valence-corrected chi connectivity index (χ4v) is 6.09. The molecular weight excluding hydrogens is 589 g/mol. The van der Waals surface area contributed by atoms with Crippen LogP contribution in [0.15, 0.2) is 29.8 Å². The number of likely N-dealkylation sites (tertiary alicyclic amines) is 1. The molecule has 11 nitrogen and oxygen atoms in total. The van der Waals surface area contributed by atoms with E-state index < -0.39 is 11.9 Å². The molecule has 0 radical (unpaired) electrons. The molecule has 4 N–H and O–H groups in total. The lowest BCUT2D eigenvalue weighted by molar-refractivity contribution is -0.146. The van der Waals surface area contributed by atoms with Gasteiger partial charge in [-0.2, -0.15) is 0 Å². The molecular formula is C27H33Cl2N7O4S. The van der Waals surface area contributed by atoms with Crippen molar-refractivity contribution in [3.8, 4) is 0 Å². The monoisotopic (exact) mass is 621 g/mol. The summed E-state index contributed by atoms with van der Waals surface area (Å²) in [5, 5.41) is 13.4. The normalized spacial score (nSPS) is 18.2. The van der Waals surface area contributed by atoms with Gasteiger partial charge in [0, 0.05) is 44.2 Å². The summed E-state index contributed by atoms with van der Waals surface area (Å²) in [6.45, 7) is 1.42. The lowest BCUT2D eigenvalue weighted by Gasteiger charge is -2.35. The number of benzene rings is 1. The molecule has 2 aromatic rings. The summed E-state index contributed by atoms with van der Waals surface area (Å²) in [5.74, 6) is -1.17. The lowest BCUT2D eigenvalue weighted by Crippen LogP contribution is -2.55. The van der Waals surface area contributed by atoms with E-state index in [0.717, 1.165) is 18.4 Å². The zero-order valence-electron chi connectivity index (χ0n) is 22.5. The Morgan fingerprint density at radius 1 is 1.17 bits per heavy atom. The van der Waals surface area contributed by atoms with Crippen LogP contribution in [0, 0.1) is 11.3 Å². The number of aromatic nitrogens is 1. The number of nitrogens with two attached hydrogens (primary N) is 1. The van der Waals surface area contributed by atoms with Crippen molar-refractivity contribution in [1.82, 2.24) is 25.0 Å². The van der Waals surface area contributed by atoms with Gasteiger partial charge in [-0.1, -0.05) is 29.3 Å². The molecule has 2 aliphatic heterocycles. The summed E-state index contributed by atoms with van der Waals surface area (Å²) in [5.41, 5.74) is 6.54. The summed E-state index contributed by atoms with van der Waals surface area (Å²) in [6.07, 6.45) is 4.28. The van der Waals surface area contributed by atoms with Gasteiger partial charge in [0.25, 0.3) is 0 Å². The smallest absolute Gasteiger partial charge is 0.242 e. The highest BCUT2D eigenvalue weighted by Gasteiger charge is 2.32. The average molecular weight is 623 g/mol. The summed E-state index contributed by atoms with van der Waals surface area (Å²) < 4.78 is 0. The predicted octanol–water partition coefficient (Wildman–Crippen LogP) is 2.42. The number of piperidine rings is 1. The van der Waals surface area contributed by atoms with Crippen LogP contribution in [0.1, 0.15) is 41.0 Å². The van der Waals surface area contributed by atoms with Gasteiger partial charge in [-0.25, -0.2) is 4.98 Å². The van der Waals surface area contributed by atoms with E-state index in [4.69, 9.17) is 34.3 Å². The Morgan fingerprint density at radius 3 is 2.66 bits per heavy atom. The van der Waals surface area contributed by atoms with Gasteiger partial charge in [0.1, 0.15) is 0 Å². The minimum absolute atomic E-state index is 0.00736. The van der Waals surface area contributed by atoms with Gasteiger partial charge in [-0.3, -0.25) is 24.6 Å². The van der Waals surface area contributed by atoms with Gasteiger partial charge >= 0.3 is 0 Å². The second-order valence-electron chi connectivity index (χ2n) is 10.3. The number of piperazine rings is 1. The quantitative estimate of drug-likeness (QED) is 0.209. The first-order chi connectivity index (χ1) is 19.6. The second-order valence-corrected chi connectivity index (χ2v) is 12.0. The van der Waals surface area contributed by atoms with E-state index in [1.807, 2.05) is 6.07 Å². The molecule has 2 aliphatic rings. The van der Waals surface area contributed by atoms with Crippen LogP contribution in [0.5, 0.6) is 0 Å². The number of carbonyl (C=O) groups is 4. The fraction of sp³-hybridized carbons (Fsp3) is 0.481. The molecule has 0 spiro atoms. The number of nitrogens with zero attached hydrogens (tertiary/aromatic N) is 4. The number of hydrogen-bond donors (Lipinski definition) is 3. The number of nitrogens with one attached hydrogen (secondary N) is 2. The van der Waals surface area contributed by atoms with Gasteiger partial charge in [0.2, 0.25) is 23.5 Å². The van der Waals surface area contributed by atoms with Crippen molar-refractivity contribution in [3.05, 3.63) is 50.4 Å². The Morgan fingerprint density at radius 2 is 1.98 bits per heavy atom. The molecule has 1 aromatic heterocycles.